The smallest absolute Gasteiger partial charge is 0.407 e. The van der Waals surface area contributed by atoms with E-state index in [2.05, 4.69) is 45.0 Å². The van der Waals surface area contributed by atoms with Crippen LogP contribution in [0, 0.1) is 0 Å². The number of nitrogens with one attached hydrogen (secondary N) is 1. The average Bonchev–Trinajstić information content (AvgIpc) is 3.55. The summed E-state index contributed by atoms with van der Waals surface area (Å²) < 4.78 is 10.5. The number of aryl methyl sites for hydroxylation is 1. The van der Waals surface area contributed by atoms with Crippen molar-refractivity contribution in [3.63, 3.8) is 0 Å². The van der Waals surface area contributed by atoms with Gasteiger partial charge in [0.25, 0.3) is 0 Å². The summed E-state index contributed by atoms with van der Waals surface area (Å²) in [7, 11) is 0. The Balaban J connectivity index is 0.000000223. The number of aromatic carboxylic acids is 1. The molecular weight excluding hydrogens is 1040 g/mol. The topological polar surface area (TPSA) is 229 Å². The number of nitrogens with zero attached hydrogens (tertiary/aromatic N) is 8. The summed E-state index contributed by atoms with van der Waals surface area (Å²) in [5.74, 6) is -1.09. The van der Waals surface area contributed by atoms with Crippen LogP contribution in [0.4, 0.5) is 10.5 Å². The first-order chi connectivity index (χ1) is 39.8. The molecule has 1 amide bonds. The van der Waals surface area contributed by atoms with Crippen molar-refractivity contribution >= 4 is 29.5 Å². The molecule has 17 heteroatoms. The molecule has 0 saturated carbocycles. The van der Waals surface area contributed by atoms with Gasteiger partial charge < -0.3 is 25.6 Å². The monoisotopic (exact) mass is 1120 g/mol. The molecule has 432 valence electrons. The first-order valence-electron chi connectivity index (χ1n) is 27.6. The van der Waals surface area contributed by atoms with Crippen molar-refractivity contribution in [2.75, 3.05) is 12.3 Å². The Hall–Kier alpha value is -9.06. The minimum atomic E-state index is -0.974. The number of hydrogen-bond acceptors (Lipinski definition) is 15. The van der Waals surface area contributed by atoms with Crippen LogP contribution in [-0.2, 0) is 72.8 Å². The van der Waals surface area contributed by atoms with E-state index in [0.29, 0.717) is 70.6 Å². The van der Waals surface area contributed by atoms with Gasteiger partial charge in [0.15, 0.2) is 5.78 Å². The number of hydrogen-bond donors (Lipinski definition) is 3. The Labute approximate surface area is 487 Å². The Bertz CT molecular complexity index is 3120. The number of benzene rings is 2. The third kappa shape index (κ3) is 25.1. The van der Waals surface area contributed by atoms with Gasteiger partial charge in [-0.1, -0.05) is 60.7 Å². The first-order valence-corrected chi connectivity index (χ1v) is 27.6. The molecule has 8 aromatic rings. The molecule has 4 N–H and O–H groups in total. The number of alkyl carbamates (subject to hydrolysis) is 1. The number of aromatic nitrogens is 6. The van der Waals surface area contributed by atoms with Crippen molar-refractivity contribution in [3.05, 3.63) is 245 Å². The molecule has 0 aliphatic heterocycles. The average molecular weight is 1120 g/mol. The van der Waals surface area contributed by atoms with Crippen molar-refractivity contribution in [2.24, 2.45) is 0 Å². The molecule has 0 radical (unpaired) electrons. The third-order valence-corrected chi connectivity index (χ3v) is 12.2. The van der Waals surface area contributed by atoms with Crippen LogP contribution in [0.25, 0.3) is 0 Å². The fourth-order valence-electron chi connectivity index (χ4n) is 8.25. The third-order valence-electron chi connectivity index (χ3n) is 12.2. The highest BCUT2D eigenvalue weighted by atomic mass is 16.6. The van der Waals surface area contributed by atoms with E-state index in [4.69, 9.17) is 20.3 Å². The second-order valence-electron chi connectivity index (χ2n) is 21.7. The van der Waals surface area contributed by atoms with Gasteiger partial charge in [0.05, 0.1) is 39.7 Å². The largest absolute Gasteiger partial charge is 0.478 e. The number of esters is 1. The molecule has 0 aliphatic carbocycles. The Kier molecular flexibility index (Phi) is 24.6. The second kappa shape index (κ2) is 32.4. The summed E-state index contributed by atoms with van der Waals surface area (Å²) in [6.07, 6.45) is 12.9. The predicted molar refractivity (Wildman–Crippen MR) is 320 cm³/mol. The molecule has 83 heavy (non-hydrogen) atoms. The van der Waals surface area contributed by atoms with Gasteiger partial charge in [0, 0.05) is 107 Å². The normalized spacial score (nSPS) is 11.1. The van der Waals surface area contributed by atoms with Gasteiger partial charge in [-0.05, 0) is 162 Å². The van der Waals surface area contributed by atoms with Gasteiger partial charge in [-0.15, -0.1) is 0 Å². The van der Waals surface area contributed by atoms with Crippen LogP contribution in [0.2, 0.25) is 0 Å². The number of carboxylic acids is 1. The Morgan fingerprint density at radius 2 is 0.880 bits per heavy atom. The van der Waals surface area contributed by atoms with E-state index in [0.717, 1.165) is 63.8 Å². The lowest BCUT2D eigenvalue weighted by molar-refractivity contribution is -0.154. The number of amides is 1. The molecule has 17 nitrogen and oxygen atoms in total. The summed E-state index contributed by atoms with van der Waals surface area (Å²) in [6.45, 7) is 15.4. The van der Waals surface area contributed by atoms with Crippen molar-refractivity contribution in [1.82, 2.24) is 45.0 Å². The van der Waals surface area contributed by atoms with E-state index in [1.165, 1.54) is 11.8 Å². The molecule has 0 spiro atoms. The quantitative estimate of drug-likeness (QED) is 0.0307. The SMILES string of the molecule is CC(C)(C)OC(=O)CCCc1ccc(N)cc1.CC(C)(C)OC(=O)NCCc1ccc(CC(=O)c2ccc(CN(Cc3ccccn3)Cc3ccccn3)nc2)cc1.O=C(O)c1ccc(CN(Cc2ccccn2)Cc2ccccn2)nc1. The van der Waals surface area contributed by atoms with Gasteiger partial charge in [-0.3, -0.25) is 49.3 Å². The number of anilines is 1. The van der Waals surface area contributed by atoms with Crippen molar-refractivity contribution in [3.8, 4) is 0 Å². The molecular formula is C66H76N10O7. The fraction of sp³-hybridized carbons (Fsp3) is 0.303. The van der Waals surface area contributed by atoms with Crippen LogP contribution < -0.4 is 11.1 Å². The lowest BCUT2D eigenvalue weighted by Crippen LogP contribution is -2.33. The molecule has 0 fully saturated rings. The summed E-state index contributed by atoms with van der Waals surface area (Å²) in [5.41, 5.74) is 15.0. The van der Waals surface area contributed by atoms with Gasteiger partial charge >= 0.3 is 18.0 Å². The number of nitrogen functional groups attached to an aromatic ring is 1. The van der Waals surface area contributed by atoms with Crippen LogP contribution in [0.15, 0.2) is 183 Å². The maximum Gasteiger partial charge on any atom is 0.407 e. The van der Waals surface area contributed by atoms with Crippen LogP contribution >= 0.6 is 0 Å². The van der Waals surface area contributed by atoms with Crippen molar-refractivity contribution in [2.45, 2.75) is 124 Å². The fourth-order valence-corrected chi connectivity index (χ4v) is 8.25. The molecule has 2 aromatic carbocycles. The van der Waals surface area contributed by atoms with Gasteiger partial charge in [-0.25, -0.2) is 9.59 Å². The molecule has 0 saturated heterocycles. The van der Waals surface area contributed by atoms with Crippen molar-refractivity contribution < 1.29 is 33.8 Å². The number of carbonyl (C=O) groups excluding carboxylic acids is 3. The lowest BCUT2D eigenvalue weighted by Gasteiger charge is -2.21. The summed E-state index contributed by atoms with van der Waals surface area (Å²) in [5, 5.41) is 11.7. The zero-order valence-electron chi connectivity index (χ0n) is 48.4. The minimum absolute atomic E-state index is 0.0159. The number of nitrogens with two attached hydrogens (primary N) is 1. The maximum absolute atomic E-state index is 12.9. The van der Waals surface area contributed by atoms with Gasteiger partial charge in [-0.2, -0.15) is 0 Å². The number of Topliss-reactive ketones (excluding diaryl/α,β-unsaturated/α-hetero) is 1. The maximum atomic E-state index is 12.9. The second-order valence-corrected chi connectivity index (χ2v) is 21.7. The van der Waals surface area contributed by atoms with Gasteiger partial charge in [0.2, 0.25) is 0 Å². The molecule has 8 rings (SSSR count). The van der Waals surface area contributed by atoms with E-state index in [-0.39, 0.29) is 17.3 Å². The predicted octanol–water partition coefficient (Wildman–Crippen LogP) is 11.3. The lowest BCUT2D eigenvalue weighted by atomic mass is 10.0. The van der Waals surface area contributed by atoms with E-state index < -0.39 is 23.3 Å². The number of rotatable bonds is 23. The van der Waals surface area contributed by atoms with Gasteiger partial charge in [0.1, 0.15) is 11.2 Å². The number of ketones is 1. The molecule has 0 atom stereocenters. The van der Waals surface area contributed by atoms with E-state index in [9.17, 15) is 19.2 Å². The number of pyridine rings is 6. The highest BCUT2D eigenvalue weighted by Crippen LogP contribution is 2.17. The standard InChI is InChI=1S/C33H37N5O3.C19H18N4O2.C14H21NO2/c1-33(2,3)41-32(40)36-19-16-25-10-12-26(13-11-25)20-31(39)27-14-15-30(37-21-27)24-38(22-28-8-4-6-17-34-28)23-29-9-5-7-18-35-29;24-19(25)15-7-8-18(22-11-15)14-23(12-16-5-1-3-9-20-16)13-17-6-2-4-10-21-17;1-14(2,3)17-13(16)6-4-5-11-7-9-12(15)10-8-11/h4-15,17-18,21H,16,19-20,22-24H2,1-3H3,(H,36,40);1-11H,12-14H2,(H,24,25);7-10H,4-6,15H2,1-3H3. The van der Waals surface area contributed by atoms with Crippen LogP contribution in [0.1, 0.15) is 126 Å². The number of carbonyl (C=O) groups is 4. The number of ether oxygens (including phenoxy) is 2. The van der Waals surface area contributed by atoms with Crippen LogP contribution in [-0.4, -0.2) is 86.4 Å². The highest BCUT2D eigenvalue weighted by molar-refractivity contribution is 5.97. The summed E-state index contributed by atoms with van der Waals surface area (Å²) in [4.78, 5) is 78.1. The zero-order valence-corrected chi connectivity index (χ0v) is 48.4. The summed E-state index contributed by atoms with van der Waals surface area (Å²) >= 11 is 0. The Morgan fingerprint density at radius 1 is 0.482 bits per heavy atom. The number of carboxylic acid groups (broad SMARTS) is 1. The van der Waals surface area contributed by atoms with Crippen LogP contribution in [0.5, 0.6) is 0 Å². The van der Waals surface area contributed by atoms with E-state index in [1.54, 1.807) is 43.1 Å². The van der Waals surface area contributed by atoms with E-state index in [1.807, 2.05) is 175 Å². The molecule has 0 unspecified atom stereocenters. The first kappa shape index (κ1) is 63.1. The zero-order chi connectivity index (χ0) is 59.5. The van der Waals surface area contributed by atoms with E-state index >= 15 is 0 Å². The highest BCUT2D eigenvalue weighted by Gasteiger charge is 2.18. The Morgan fingerprint density at radius 3 is 1.27 bits per heavy atom. The minimum Gasteiger partial charge on any atom is -0.478 e. The molecule has 6 aromatic heterocycles. The molecule has 0 aliphatic rings. The molecule has 0 bridgehead atoms. The van der Waals surface area contributed by atoms with Crippen LogP contribution in [0.3, 0.4) is 0 Å². The van der Waals surface area contributed by atoms with Crippen molar-refractivity contribution in [1.29, 1.82) is 0 Å². The molecule has 6 heterocycles. The summed E-state index contributed by atoms with van der Waals surface area (Å²) in [6, 6.07) is 46.1.